The van der Waals surface area contributed by atoms with Crippen molar-refractivity contribution in [2.45, 2.75) is 12.5 Å². The first-order chi connectivity index (χ1) is 9.16. The summed E-state index contributed by atoms with van der Waals surface area (Å²) < 4.78 is 25.8. The number of hydrogen-bond acceptors (Lipinski definition) is 2. The number of anilines is 1. The third kappa shape index (κ3) is 3.76. The van der Waals surface area contributed by atoms with E-state index in [1.54, 1.807) is 0 Å². The van der Waals surface area contributed by atoms with Gasteiger partial charge in [-0.3, -0.25) is 0 Å². The van der Waals surface area contributed by atoms with E-state index < -0.39 is 17.7 Å². The quantitative estimate of drug-likeness (QED) is 0.865. The molecular formula is C15H15F2NO. The van der Waals surface area contributed by atoms with Gasteiger partial charge < -0.3 is 10.4 Å². The summed E-state index contributed by atoms with van der Waals surface area (Å²) in [5.41, 5.74) is 1.34. The van der Waals surface area contributed by atoms with E-state index in [1.807, 2.05) is 30.3 Å². The first kappa shape index (κ1) is 13.5. The smallest absolute Gasteiger partial charge is 0.159 e. The molecule has 0 saturated carbocycles. The fourth-order valence-corrected chi connectivity index (χ4v) is 1.80. The van der Waals surface area contributed by atoms with Gasteiger partial charge in [0.2, 0.25) is 0 Å². The van der Waals surface area contributed by atoms with E-state index in [0.29, 0.717) is 18.5 Å². The number of aliphatic hydroxyl groups is 1. The molecule has 4 heteroatoms. The lowest BCUT2D eigenvalue weighted by atomic mass is 10.1. The molecule has 0 aliphatic heterocycles. The highest BCUT2D eigenvalue weighted by Crippen LogP contribution is 2.19. The summed E-state index contributed by atoms with van der Waals surface area (Å²) in [7, 11) is 0. The standard InChI is InChI=1S/C15H15F2NO/c16-13-7-6-11(10-14(13)17)15(19)8-9-18-12-4-2-1-3-5-12/h1-7,10,15,18-19H,8-9H2. The Balaban J connectivity index is 1.87. The van der Waals surface area contributed by atoms with E-state index in [-0.39, 0.29) is 0 Å². The Morgan fingerprint density at radius 1 is 1.00 bits per heavy atom. The van der Waals surface area contributed by atoms with Crippen molar-refractivity contribution in [3.05, 3.63) is 65.7 Å². The molecule has 0 aliphatic rings. The Morgan fingerprint density at radius 2 is 1.74 bits per heavy atom. The fraction of sp³-hybridized carbons (Fsp3) is 0.200. The van der Waals surface area contributed by atoms with Crippen LogP contribution in [-0.4, -0.2) is 11.7 Å². The van der Waals surface area contributed by atoms with E-state index in [4.69, 9.17) is 0 Å². The van der Waals surface area contributed by atoms with Crippen LogP contribution in [0.5, 0.6) is 0 Å². The highest BCUT2D eigenvalue weighted by atomic mass is 19.2. The second-order valence-corrected chi connectivity index (χ2v) is 4.27. The molecule has 2 N–H and O–H groups in total. The topological polar surface area (TPSA) is 32.3 Å². The van der Waals surface area contributed by atoms with Crippen LogP contribution < -0.4 is 5.32 Å². The van der Waals surface area contributed by atoms with Crippen LogP contribution in [0.15, 0.2) is 48.5 Å². The van der Waals surface area contributed by atoms with E-state index in [2.05, 4.69) is 5.32 Å². The van der Waals surface area contributed by atoms with Gasteiger partial charge in [-0.2, -0.15) is 0 Å². The zero-order chi connectivity index (χ0) is 13.7. The predicted octanol–water partition coefficient (Wildman–Crippen LogP) is 3.50. The fourth-order valence-electron chi connectivity index (χ4n) is 1.80. The number of aliphatic hydroxyl groups excluding tert-OH is 1. The minimum absolute atomic E-state index is 0.383. The summed E-state index contributed by atoms with van der Waals surface area (Å²) >= 11 is 0. The maximum Gasteiger partial charge on any atom is 0.159 e. The van der Waals surface area contributed by atoms with E-state index in [0.717, 1.165) is 17.8 Å². The van der Waals surface area contributed by atoms with Crippen LogP contribution in [-0.2, 0) is 0 Å². The SMILES string of the molecule is OC(CCNc1ccccc1)c1ccc(F)c(F)c1. The zero-order valence-corrected chi connectivity index (χ0v) is 10.3. The summed E-state index contributed by atoms with van der Waals surface area (Å²) in [5, 5.41) is 13.0. The maximum absolute atomic E-state index is 13.0. The minimum Gasteiger partial charge on any atom is -0.388 e. The number of rotatable bonds is 5. The summed E-state index contributed by atoms with van der Waals surface area (Å²) in [6.45, 7) is 0.546. The maximum atomic E-state index is 13.0. The molecule has 0 radical (unpaired) electrons. The van der Waals surface area contributed by atoms with Crippen LogP contribution in [0.4, 0.5) is 14.5 Å². The van der Waals surface area contributed by atoms with E-state index >= 15 is 0 Å². The van der Waals surface area contributed by atoms with Gasteiger partial charge in [0.05, 0.1) is 6.10 Å². The second kappa shape index (κ2) is 6.29. The molecule has 1 unspecified atom stereocenters. The van der Waals surface area contributed by atoms with Gasteiger partial charge in [-0.25, -0.2) is 8.78 Å². The molecule has 2 aromatic carbocycles. The van der Waals surface area contributed by atoms with Gasteiger partial charge in [-0.15, -0.1) is 0 Å². The highest BCUT2D eigenvalue weighted by molar-refractivity contribution is 5.42. The van der Waals surface area contributed by atoms with Crippen molar-refractivity contribution in [2.24, 2.45) is 0 Å². The number of hydrogen-bond donors (Lipinski definition) is 2. The first-order valence-electron chi connectivity index (χ1n) is 6.09. The molecule has 19 heavy (non-hydrogen) atoms. The third-order valence-electron chi connectivity index (χ3n) is 2.85. The van der Waals surface area contributed by atoms with Crippen molar-refractivity contribution < 1.29 is 13.9 Å². The molecule has 2 aromatic rings. The molecule has 1 atom stereocenters. The van der Waals surface area contributed by atoms with E-state index in [9.17, 15) is 13.9 Å². The minimum atomic E-state index is -0.937. The molecular weight excluding hydrogens is 248 g/mol. The normalized spacial score (nSPS) is 12.2. The summed E-state index contributed by atoms with van der Waals surface area (Å²) in [4.78, 5) is 0. The molecule has 0 spiro atoms. The van der Waals surface area contributed by atoms with Crippen molar-refractivity contribution in [1.29, 1.82) is 0 Å². The number of halogens is 2. The lowest BCUT2D eigenvalue weighted by molar-refractivity contribution is 0.171. The Morgan fingerprint density at radius 3 is 2.42 bits per heavy atom. The van der Waals surface area contributed by atoms with Crippen LogP contribution in [0, 0.1) is 11.6 Å². The van der Waals surface area contributed by atoms with Gasteiger partial charge in [0.1, 0.15) is 0 Å². The number of nitrogens with one attached hydrogen (secondary N) is 1. The molecule has 2 rings (SSSR count). The lowest BCUT2D eigenvalue weighted by Crippen LogP contribution is -2.08. The number of para-hydroxylation sites is 1. The summed E-state index contributed by atoms with van der Waals surface area (Å²) in [6, 6.07) is 13.0. The van der Waals surface area contributed by atoms with Gasteiger partial charge in [0.25, 0.3) is 0 Å². The second-order valence-electron chi connectivity index (χ2n) is 4.27. The van der Waals surface area contributed by atoms with E-state index in [1.165, 1.54) is 6.07 Å². The van der Waals surface area contributed by atoms with Crippen LogP contribution in [0.25, 0.3) is 0 Å². The zero-order valence-electron chi connectivity index (χ0n) is 10.3. The molecule has 0 heterocycles. The molecule has 0 amide bonds. The van der Waals surface area contributed by atoms with Crippen LogP contribution in [0.3, 0.4) is 0 Å². The summed E-state index contributed by atoms with van der Waals surface area (Å²) in [5.74, 6) is -1.84. The monoisotopic (exact) mass is 263 g/mol. The average Bonchev–Trinajstić information content (AvgIpc) is 2.43. The summed E-state index contributed by atoms with van der Waals surface area (Å²) in [6.07, 6.45) is -0.397. The van der Waals surface area contributed by atoms with Crippen LogP contribution in [0.2, 0.25) is 0 Å². The molecule has 2 nitrogen and oxygen atoms in total. The van der Waals surface area contributed by atoms with Gasteiger partial charge in [-0.1, -0.05) is 24.3 Å². The molecule has 0 aliphatic carbocycles. The third-order valence-corrected chi connectivity index (χ3v) is 2.85. The van der Waals surface area contributed by atoms with Crippen molar-refractivity contribution in [3.8, 4) is 0 Å². The van der Waals surface area contributed by atoms with Crippen molar-refractivity contribution >= 4 is 5.69 Å². The van der Waals surface area contributed by atoms with Crippen LogP contribution >= 0.6 is 0 Å². The average molecular weight is 263 g/mol. The Hall–Kier alpha value is -1.94. The predicted molar refractivity (Wildman–Crippen MR) is 70.9 cm³/mol. The van der Waals surface area contributed by atoms with Gasteiger partial charge in [0, 0.05) is 12.2 Å². The van der Waals surface area contributed by atoms with Crippen molar-refractivity contribution in [1.82, 2.24) is 0 Å². The van der Waals surface area contributed by atoms with Gasteiger partial charge in [-0.05, 0) is 36.2 Å². The van der Waals surface area contributed by atoms with Gasteiger partial charge in [0.15, 0.2) is 11.6 Å². The molecule has 0 saturated heterocycles. The Labute approximate surface area is 110 Å². The largest absolute Gasteiger partial charge is 0.388 e. The molecule has 100 valence electrons. The Bertz CT molecular complexity index is 531. The molecule has 0 bridgehead atoms. The Kier molecular flexibility index (Phi) is 4.47. The van der Waals surface area contributed by atoms with Gasteiger partial charge >= 0.3 is 0 Å². The first-order valence-corrected chi connectivity index (χ1v) is 6.09. The number of benzene rings is 2. The highest BCUT2D eigenvalue weighted by Gasteiger charge is 2.10. The van der Waals surface area contributed by atoms with Crippen molar-refractivity contribution in [2.75, 3.05) is 11.9 Å². The lowest BCUT2D eigenvalue weighted by Gasteiger charge is -2.12. The molecule has 0 aromatic heterocycles. The van der Waals surface area contributed by atoms with Crippen molar-refractivity contribution in [3.63, 3.8) is 0 Å². The van der Waals surface area contributed by atoms with Crippen LogP contribution in [0.1, 0.15) is 18.1 Å². The molecule has 0 fully saturated rings.